The van der Waals surface area contributed by atoms with Gasteiger partial charge in [-0.15, -0.1) is 0 Å². The van der Waals surface area contributed by atoms with Crippen molar-refractivity contribution in [2.45, 2.75) is 38.8 Å². The molecule has 2 heterocycles. The van der Waals surface area contributed by atoms with E-state index in [9.17, 15) is 14.7 Å². The summed E-state index contributed by atoms with van der Waals surface area (Å²) in [6.07, 6.45) is 3.91. The van der Waals surface area contributed by atoms with E-state index in [1.54, 1.807) is 0 Å². The van der Waals surface area contributed by atoms with Gasteiger partial charge in [-0.25, -0.2) is 4.79 Å². The van der Waals surface area contributed by atoms with Crippen LogP contribution in [0.15, 0.2) is 6.07 Å². The van der Waals surface area contributed by atoms with Crippen molar-refractivity contribution in [2.24, 2.45) is 5.92 Å². The predicted molar refractivity (Wildman–Crippen MR) is 67.3 cm³/mol. The molecule has 1 aliphatic heterocycles. The van der Waals surface area contributed by atoms with Gasteiger partial charge in [-0.2, -0.15) is 0 Å². The fraction of sp³-hybridized carbons (Fsp3) is 0.571. The minimum absolute atomic E-state index is 0.0579. The summed E-state index contributed by atoms with van der Waals surface area (Å²) in [5.41, 5.74) is 1.36. The van der Waals surface area contributed by atoms with Crippen molar-refractivity contribution < 1.29 is 19.4 Å². The lowest BCUT2D eigenvalue weighted by Crippen LogP contribution is -2.21. The maximum atomic E-state index is 12.2. The Morgan fingerprint density at radius 3 is 2.89 bits per heavy atom. The van der Waals surface area contributed by atoms with E-state index in [1.807, 2.05) is 4.57 Å². The summed E-state index contributed by atoms with van der Waals surface area (Å²) in [4.78, 5) is 23.4. The van der Waals surface area contributed by atoms with Crippen LogP contribution in [-0.2, 0) is 17.9 Å². The highest BCUT2D eigenvalue weighted by Crippen LogP contribution is 2.34. The molecule has 2 aliphatic rings. The van der Waals surface area contributed by atoms with E-state index >= 15 is 0 Å². The van der Waals surface area contributed by atoms with Gasteiger partial charge >= 0.3 is 5.97 Å². The molecule has 1 aliphatic carbocycles. The molecule has 0 radical (unpaired) electrons. The highest BCUT2D eigenvalue weighted by molar-refractivity contribution is 5.99. The van der Waals surface area contributed by atoms with Crippen LogP contribution < -0.4 is 0 Å². The van der Waals surface area contributed by atoms with E-state index in [-0.39, 0.29) is 18.0 Å². The topological polar surface area (TPSA) is 68.5 Å². The number of carboxylic acid groups (broad SMARTS) is 1. The maximum absolute atomic E-state index is 12.2. The fourth-order valence-electron chi connectivity index (χ4n) is 2.61. The number of rotatable bonds is 5. The highest BCUT2D eigenvalue weighted by Gasteiger charge is 2.27. The van der Waals surface area contributed by atoms with Gasteiger partial charge < -0.3 is 14.4 Å². The zero-order valence-corrected chi connectivity index (χ0v) is 10.7. The molecule has 1 saturated carbocycles. The van der Waals surface area contributed by atoms with Gasteiger partial charge in [0.2, 0.25) is 0 Å². The number of hydrogen-bond donors (Lipinski definition) is 1. The maximum Gasteiger partial charge on any atom is 0.337 e. The average molecular weight is 263 g/mol. The average Bonchev–Trinajstić information content (AvgIpc) is 3.14. The summed E-state index contributed by atoms with van der Waals surface area (Å²) >= 11 is 0. The summed E-state index contributed by atoms with van der Waals surface area (Å²) in [5, 5.41) is 9.18. The van der Waals surface area contributed by atoms with Crippen LogP contribution in [0.2, 0.25) is 0 Å². The van der Waals surface area contributed by atoms with Gasteiger partial charge in [-0.3, -0.25) is 4.79 Å². The number of carboxylic acids is 1. The van der Waals surface area contributed by atoms with Crippen molar-refractivity contribution in [3.05, 3.63) is 23.0 Å². The van der Waals surface area contributed by atoms with Crippen molar-refractivity contribution in [3.8, 4) is 0 Å². The van der Waals surface area contributed by atoms with Gasteiger partial charge in [0, 0.05) is 13.0 Å². The molecular formula is C14H17NO4. The third-order valence-corrected chi connectivity index (χ3v) is 3.90. The summed E-state index contributed by atoms with van der Waals surface area (Å²) in [5.74, 6) is -0.222. The number of aromatic nitrogens is 1. The molecule has 0 bridgehead atoms. The van der Waals surface area contributed by atoms with E-state index in [0.717, 1.165) is 6.42 Å². The van der Waals surface area contributed by atoms with Crippen molar-refractivity contribution >= 4 is 11.8 Å². The van der Waals surface area contributed by atoms with Crippen LogP contribution in [0.4, 0.5) is 0 Å². The van der Waals surface area contributed by atoms with Crippen molar-refractivity contribution in [3.63, 3.8) is 0 Å². The van der Waals surface area contributed by atoms with Crippen LogP contribution >= 0.6 is 0 Å². The van der Waals surface area contributed by atoms with Crippen LogP contribution in [-0.4, -0.2) is 28.0 Å². The number of Topliss-reactive ketones (excluding diaryl/α,β-unsaturated/α-hetero) is 1. The van der Waals surface area contributed by atoms with E-state index in [0.29, 0.717) is 36.9 Å². The quantitative estimate of drug-likeness (QED) is 0.826. The third kappa shape index (κ3) is 2.42. The molecular weight excluding hydrogens is 246 g/mol. The minimum atomic E-state index is -0.990. The van der Waals surface area contributed by atoms with Gasteiger partial charge in [-0.1, -0.05) is 12.8 Å². The molecule has 0 unspecified atom stereocenters. The fourth-order valence-corrected chi connectivity index (χ4v) is 2.61. The Kier molecular flexibility index (Phi) is 3.14. The molecule has 1 N–H and O–H groups in total. The normalized spacial score (nSPS) is 18.1. The van der Waals surface area contributed by atoms with Gasteiger partial charge in [0.15, 0.2) is 5.78 Å². The number of aromatic carboxylic acids is 1. The lowest BCUT2D eigenvalue weighted by atomic mass is 10.1. The number of ketones is 1. The monoisotopic (exact) mass is 263 g/mol. The molecule has 0 spiro atoms. The second kappa shape index (κ2) is 4.81. The van der Waals surface area contributed by atoms with Crippen LogP contribution in [0, 0.1) is 5.92 Å². The number of carbonyl (C=O) groups is 2. The summed E-state index contributed by atoms with van der Waals surface area (Å²) in [6.45, 7) is 1.37. The number of nitrogens with zero attached hydrogens (tertiary/aromatic N) is 1. The van der Waals surface area contributed by atoms with Gasteiger partial charge in [0.25, 0.3) is 0 Å². The number of hydrogen-bond acceptors (Lipinski definition) is 3. The van der Waals surface area contributed by atoms with Crippen molar-refractivity contribution in [1.29, 1.82) is 0 Å². The second-order valence-corrected chi connectivity index (χ2v) is 5.30. The largest absolute Gasteiger partial charge is 0.478 e. The summed E-state index contributed by atoms with van der Waals surface area (Å²) in [6, 6.07) is 1.52. The van der Waals surface area contributed by atoms with Crippen LogP contribution in [0.5, 0.6) is 0 Å². The molecule has 1 aromatic rings. The van der Waals surface area contributed by atoms with E-state index < -0.39 is 5.97 Å². The molecule has 0 atom stereocenters. The predicted octanol–water partition coefficient (Wildman–Crippen LogP) is 2.09. The molecule has 1 aromatic heterocycles. The molecule has 0 saturated heterocycles. The SMILES string of the molecule is O=C(O)c1cc(C(=O)CCC2CC2)n2c1COCC2. The Bertz CT molecular complexity index is 528. The number of ether oxygens (including phenoxy) is 1. The molecule has 102 valence electrons. The lowest BCUT2D eigenvalue weighted by molar-refractivity contribution is 0.0657. The molecule has 0 amide bonds. The Labute approximate surface area is 111 Å². The lowest BCUT2D eigenvalue weighted by Gasteiger charge is -2.18. The summed E-state index contributed by atoms with van der Waals surface area (Å²) in [7, 11) is 0. The number of fused-ring (bicyclic) bond motifs is 1. The highest BCUT2D eigenvalue weighted by atomic mass is 16.5. The van der Waals surface area contributed by atoms with Crippen LogP contribution in [0.3, 0.4) is 0 Å². The van der Waals surface area contributed by atoms with Crippen molar-refractivity contribution in [2.75, 3.05) is 6.61 Å². The Balaban J connectivity index is 1.86. The molecule has 19 heavy (non-hydrogen) atoms. The van der Waals surface area contributed by atoms with Crippen molar-refractivity contribution in [1.82, 2.24) is 4.57 Å². The smallest absolute Gasteiger partial charge is 0.337 e. The standard InChI is InChI=1S/C14H17NO4/c16-13(4-3-9-1-2-9)11-7-10(14(17)18)12-8-19-6-5-15(11)12/h7,9H,1-6,8H2,(H,17,18). The zero-order valence-electron chi connectivity index (χ0n) is 10.7. The molecule has 3 rings (SSSR count). The third-order valence-electron chi connectivity index (χ3n) is 3.90. The van der Waals surface area contributed by atoms with Gasteiger partial charge in [-0.05, 0) is 18.4 Å². The number of carbonyl (C=O) groups excluding carboxylic acids is 1. The molecule has 0 aromatic carbocycles. The van der Waals surface area contributed by atoms with E-state index in [4.69, 9.17) is 4.74 Å². The molecule has 5 nitrogen and oxygen atoms in total. The van der Waals surface area contributed by atoms with Gasteiger partial charge in [0.05, 0.1) is 30.2 Å². The first-order chi connectivity index (χ1) is 9.16. The Hall–Kier alpha value is -1.62. The Morgan fingerprint density at radius 2 is 2.21 bits per heavy atom. The van der Waals surface area contributed by atoms with E-state index in [1.165, 1.54) is 18.9 Å². The minimum Gasteiger partial charge on any atom is -0.478 e. The molecule has 5 heteroatoms. The first-order valence-electron chi connectivity index (χ1n) is 6.73. The second-order valence-electron chi connectivity index (χ2n) is 5.30. The van der Waals surface area contributed by atoms with Gasteiger partial charge in [0.1, 0.15) is 0 Å². The van der Waals surface area contributed by atoms with Crippen LogP contribution in [0.25, 0.3) is 0 Å². The summed E-state index contributed by atoms with van der Waals surface area (Å²) < 4.78 is 7.11. The van der Waals surface area contributed by atoms with E-state index in [2.05, 4.69) is 0 Å². The first-order valence-corrected chi connectivity index (χ1v) is 6.73. The van der Waals surface area contributed by atoms with Crippen LogP contribution in [0.1, 0.15) is 52.2 Å². The Morgan fingerprint density at radius 1 is 1.42 bits per heavy atom. The zero-order chi connectivity index (χ0) is 13.4. The molecule has 1 fully saturated rings. The first kappa shape index (κ1) is 12.4.